The quantitative estimate of drug-likeness (QED) is 0.877. The lowest BCUT2D eigenvalue weighted by Crippen LogP contribution is -2.11. The highest BCUT2D eigenvalue weighted by Crippen LogP contribution is 2.26. The van der Waals surface area contributed by atoms with Crippen LogP contribution in [0.2, 0.25) is 0 Å². The maximum absolute atomic E-state index is 4.35. The van der Waals surface area contributed by atoms with E-state index in [1.165, 1.54) is 16.8 Å². The van der Waals surface area contributed by atoms with E-state index in [2.05, 4.69) is 67.3 Å². The summed E-state index contributed by atoms with van der Waals surface area (Å²) in [5.41, 5.74) is 4.91. The number of benzene rings is 1. The van der Waals surface area contributed by atoms with Crippen molar-refractivity contribution in [2.75, 3.05) is 23.8 Å². The average molecular weight is 269 g/mol. The van der Waals surface area contributed by atoms with Crippen molar-refractivity contribution in [1.82, 2.24) is 4.98 Å². The zero-order chi connectivity index (χ0) is 14.5. The Balaban J connectivity index is 2.25. The van der Waals surface area contributed by atoms with Gasteiger partial charge in [-0.2, -0.15) is 0 Å². The van der Waals surface area contributed by atoms with E-state index in [-0.39, 0.29) is 0 Å². The first-order valence-electron chi connectivity index (χ1n) is 7.12. The first kappa shape index (κ1) is 14.4. The number of rotatable bonds is 5. The molecule has 2 rings (SSSR count). The van der Waals surface area contributed by atoms with Crippen LogP contribution in [0.15, 0.2) is 36.5 Å². The van der Waals surface area contributed by atoms with Crippen LogP contribution in [0.4, 0.5) is 17.2 Å². The topological polar surface area (TPSA) is 28.2 Å². The molecule has 106 valence electrons. The smallest absolute Gasteiger partial charge is 0.127 e. The fourth-order valence-corrected chi connectivity index (χ4v) is 2.27. The Morgan fingerprint density at radius 2 is 1.75 bits per heavy atom. The largest absolute Gasteiger partial charge is 0.370 e. The van der Waals surface area contributed by atoms with Crippen LogP contribution in [0.5, 0.6) is 0 Å². The lowest BCUT2D eigenvalue weighted by Gasteiger charge is -2.21. The summed E-state index contributed by atoms with van der Waals surface area (Å²) in [6, 6.07) is 10.7. The van der Waals surface area contributed by atoms with Crippen LogP contribution in [0.3, 0.4) is 0 Å². The van der Waals surface area contributed by atoms with Crippen LogP contribution in [-0.2, 0) is 0 Å². The molecule has 1 aromatic heterocycles. The molecule has 0 aliphatic heterocycles. The van der Waals surface area contributed by atoms with Crippen LogP contribution >= 0.6 is 0 Å². The number of hydrogen-bond donors (Lipinski definition) is 1. The number of aromatic nitrogens is 1. The van der Waals surface area contributed by atoms with Crippen molar-refractivity contribution >= 4 is 17.2 Å². The van der Waals surface area contributed by atoms with Gasteiger partial charge in [0.05, 0.1) is 0 Å². The predicted octanol–water partition coefficient (Wildman–Crippen LogP) is 4.29. The number of hydrogen-bond acceptors (Lipinski definition) is 3. The molecule has 0 saturated heterocycles. The predicted molar refractivity (Wildman–Crippen MR) is 87.0 cm³/mol. The summed E-state index contributed by atoms with van der Waals surface area (Å²) in [5, 5.41) is 3.33. The van der Waals surface area contributed by atoms with E-state index in [1.807, 2.05) is 12.3 Å². The molecule has 1 heterocycles. The second kappa shape index (κ2) is 6.42. The summed E-state index contributed by atoms with van der Waals surface area (Å²) in [6.07, 6.45) is 2.95. The van der Waals surface area contributed by atoms with Gasteiger partial charge in [-0.05, 0) is 49.6 Å². The molecule has 0 bridgehead atoms. The van der Waals surface area contributed by atoms with Gasteiger partial charge in [-0.3, -0.25) is 0 Å². The second-order valence-electron chi connectivity index (χ2n) is 5.23. The highest BCUT2D eigenvalue weighted by Gasteiger charge is 2.06. The van der Waals surface area contributed by atoms with E-state index < -0.39 is 0 Å². The van der Waals surface area contributed by atoms with Crippen LogP contribution in [0, 0.1) is 13.8 Å². The van der Waals surface area contributed by atoms with Crippen molar-refractivity contribution in [3.8, 4) is 0 Å². The molecule has 1 aromatic carbocycles. The fourth-order valence-electron chi connectivity index (χ4n) is 2.27. The summed E-state index contributed by atoms with van der Waals surface area (Å²) >= 11 is 0. The third-order valence-electron chi connectivity index (χ3n) is 3.28. The minimum atomic E-state index is 0.931. The lowest BCUT2D eigenvalue weighted by atomic mass is 10.1. The van der Waals surface area contributed by atoms with E-state index in [1.54, 1.807) is 0 Å². The van der Waals surface area contributed by atoms with E-state index in [9.17, 15) is 0 Å². The van der Waals surface area contributed by atoms with Crippen molar-refractivity contribution in [2.24, 2.45) is 0 Å². The summed E-state index contributed by atoms with van der Waals surface area (Å²) < 4.78 is 0. The first-order chi connectivity index (χ1) is 9.60. The maximum Gasteiger partial charge on any atom is 0.127 e. The minimum absolute atomic E-state index is 0.931. The highest BCUT2D eigenvalue weighted by atomic mass is 15.1. The number of nitrogens with zero attached hydrogens (tertiary/aromatic N) is 2. The van der Waals surface area contributed by atoms with Gasteiger partial charge in [0.25, 0.3) is 0 Å². The highest BCUT2D eigenvalue weighted by molar-refractivity contribution is 5.66. The van der Waals surface area contributed by atoms with E-state index >= 15 is 0 Å². The molecule has 3 nitrogen and oxygen atoms in total. The second-order valence-corrected chi connectivity index (χ2v) is 5.23. The monoisotopic (exact) mass is 269 g/mol. The number of aryl methyl sites for hydroxylation is 2. The Kier molecular flexibility index (Phi) is 4.61. The zero-order valence-electron chi connectivity index (χ0n) is 12.8. The Morgan fingerprint density at radius 3 is 2.40 bits per heavy atom. The summed E-state index contributed by atoms with van der Waals surface area (Å²) in [4.78, 5) is 6.54. The molecule has 0 aliphatic carbocycles. The Bertz CT molecular complexity index is 558. The third kappa shape index (κ3) is 3.50. The molecule has 0 atom stereocenters. The minimum Gasteiger partial charge on any atom is -0.370 e. The molecule has 0 fully saturated rings. The number of pyridine rings is 1. The Morgan fingerprint density at radius 1 is 1.05 bits per heavy atom. The molecule has 0 saturated carbocycles. The molecule has 2 aromatic rings. The van der Waals surface area contributed by atoms with Gasteiger partial charge in [-0.1, -0.05) is 13.0 Å². The molecule has 0 spiro atoms. The van der Waals surface area contributed by atoms with E-state index in [0.717, 1.165) is 24.5 Å². The van der Waals surface area contributed by atoms with Gasteiger partial charge in [0.2, 0.25) is 0 Å². The lowest BCUT2D eigenvalue weighted by molar-refractivity contribution is 0.968. The molecule has 0 radical (unpaired) electrons. The number of anilines is 3. The standard InChI is InChI=1S/C17H23N3/c1-5-7-18-17-12-15(6-8-19-17)20(4)16-10-13(2)9-14(3)11-16/h6,8-12H,5,7H2,1-4H3,(H,18,19). The molecule has 20 heavy (non-hydrogen) atoms. The molecule has 1 N–H and O–H groups in total. The normalized spacial score (nSPS) is 10.4. The SMILES string of the molecule is CCCNc1cc(N(C)c2cc(C)cc(C)c2)ccn1. The van der Waals surface area contributed by atoms with Gasteiger partial charge in [0.1, 0.15) is 5.82 Å². The molecule has 0 unspecified atom stereocenters. The first-order valence-corrected chi connectivity index (χ1v) is 7.12. The average Bonchev–Trinajstić information content (AvgIpc) is 2.43. The Labute approximate surface area is 121 Å². The van der Waals surface area contributed by atoms with Gasteiger partial charge in [0, 0.05) is 37.2 Å². The zero-order valence-corrected chi connectivity index (χ0v) is 12.8. The fraction of sp³-hybridized carbons (Fsp3) is 0.353. The van der Waals surface area contributed by atoms with Crippen LogP contribution in [-0.4, -0.2) is 18.6 Å². The van der Waals surface area contributed by atoms with Gasteiger partial charge in [-0.25, -0.2) is 4.98 Å². The molecule has 0 aliphatic rings. The van der Waals surface area contributed by atoms with Crippen molar-refractivity contribution in [2.45, 2.75) is 27.2 Å². The van der Waals surface area contributed by atoms with Crippen molar-refractivity contribution in [3.63, 3.8) is 0 Å². The van der Waals surface area contributed by atoms with Crippen LogP contribution < -0.4 is 10.2 Å². The number of nitrogens with one attached hydrogen (secondary N) is 1. The van der Waals surface area contributed by atoms with Gasteiger partial charge < -0.3 is 10.2 Å². The van der Waals surface area contributed by atoms with E-state index in [0.29, 0.717) is 0 Å². The molecule has 0 amide bonds. The summed E-state index contributed by atoms with van der Waals surface area (Å²) in [6.45, 7) is 7.36. The van der Waals surface area contributed by atoms with Crippen LogP contribution in [0.1, 0.15) is 24.5 Å². The van der Waals surface area contributed by atoms with Crippen molar-refractivity contribution in [1.29, 1.82) is 0 Å². The summed E-state index contributed by atoms with van der Waals surface area (Å²) in [5.74, 6) is 0.931. The van der Waals surface area contributed by atoms with Crippen molar-refractivity contribution < 1.29 is 0 Å². The third-order valence-corrected chi connectivity index (χ3v) is 3.28. The van der Waals surface area contributed by atoms with Crippen LogP contribution in [0.25, 0.3) is 0 Å². The van der Waals surface area contributed by atoms with Gasteiger partial charge in [0.15, 0.2) is 0 Å². The molecule has 3 heteroatoms. The van der Waals surface area contributed by atoms with Crippen molar-refractivity contribution in [3.05, 3.63) is 47.7 Å². The maximum atomic E-state index is 4.35. The molecular formula is C17H23N3. The Hall–Kier alpha value is -2.03. The van der Waals surface area contributed by atoms with Gasteiger partial charge >= 0.3 is 0 Å². The van der Waals surface area contributed by atoms with E-state index in [4.69, 9.17) is 0 Å². The van der Waals surface area contributed by atoms with Gasteiger partial charge in [-0.15, -0.1) is 0 Å². The summed E-state index contributed by atoms with van der Waals surface area (Å²) in [7, 11) is 2.09. The molecular weight excluding hydrogens is 246 g/mol.